The van der Waals surface area contributed by atoms with Gasteiger partial charge in [-0.2, -0.15) is 0 Å². The van der Waals surface area contributed by atoms with Crippen LogP contribution in [0.1, 0.15) is 16.0 Å². The summed E-state index contributed by atoms with van der Waals surface area (Å²) in [6, 6.07) is 17.3. The van der Waals surface area contributed by atoms with Gasteiger partial charge in [-0.15, -0.1) is 21.5 Å². The van der Waals surface area contributed by atoms with E-state index >= 15 is 0 Å². The van der Waals surface area contributed by atoms with Crippen LogP contribution >= 0.6 is 23.1 Å². The van der Waals surface area contributed by atoms with Crippen LogP contribution < -0.4 is 5.56 Å². The number of amides is 1. The first-order chi connectivity index (χ1) is 16.6. The van der Waals surface area contributed by atoms with Crippen LogP contribution in [0.25, 0.3) is 22.4 Å². The molecule has 2 aromatic carbocycles. The molecule has 7 nitrogen and oxygen atoms in total. The Bertz CT molecular complexity index is 1620. The Morgan fingerprint density at radius 2 is 1.91 bits per heavy atom. The molecule has 0 bridgehead atoms. The molecule has 1 aliphatic heterocycles. The number of fused-ring (bicyclic) bond motifs is 4. The van der Waals surface area contributed by atoms with E-state index in [0.717, 1.165) is 29.7 Å². The fourth-order valence-electron chi connectivity index (χ4n) is 4.48. The quantitative estimate of drug-likeness (QED) is 0.357. The number of hydrogen-bond donors (Lipinski definition) is 0. The van der Waals surface area contributed by atoms with Gasteiger partial charge in [0.05, 0.1) is 22.3 Å². The maximum atomic E-state index is 13.5. The fourth-order valence-corrected chi connectivity index (χ4v) is 6.21. The van der Waals surface area contributed by atoms with Gasteiger partial charge in [-0.25, -0.2) is 4.57 Å². The predicted molar refractivity (Wildman–Crippen MR) is 135 cm³/mol. The Labute approximate surface area is 203 Å². The predicted octanol–water partition coefficient (Wildman–Crippen LogP) is 4.08. The summed E-state index contributed by atoms with van der Waals surface area (Å²) >= 11 is 3.12. The molecule has 6 rings (SSSR count). The average molecular weight is 488 g/mol. The van der Waals surface area contributed by atoms with Crippen molar-refractivity contribution in [1.82, 2.24) is 24.1 Å². The molecule has 1 aliphatic rings. The third-order valence-corrected chi connectivity index (χ3v) is 8.17. The molecule has 170 valence electrons. The van der Waals surface area contributed by atoms with Gasteiger partial charge in [-0.3, -0.25) is 14.0 Å². The third kappa shape index (κ3) is 3.43. The zero-order valence-corrected chi connectivity index (χ0v) is 20.1. The lowest BCUT2D eigenvalue weighted by Crippen LogP contribution is -2.36. The number of nitrogens with zero attached hydrogens (tertiary/aromatic N) is 5. The molecular formula is C25H21N5O2S2. The van der Waals surface area contributed by atoms with Crippen LogP contribution in [0.5, 0.6) is 0 Å². The van der Waals surface area contributed by atoms with Crippen LogP contribution in [0.2, 0.25) is 0 Å². The molecule has 0 radical (unpaired) electrons. The molecular weight excluding hydrogens is 466 g/mol. The van der Waals surface area contributed by atoms with Crippen LogP contribution in [0.15, 0.2) is 69.9 Å². The van der Waals surface area contributed by atoms with Crippen LogP contribution in [0.3, 0.4) is 0 Å². The fraction of sp³-hybridized carbons (Fsp3) is 0.200. The van der Waals surface area contributed by atoms with E-state index < -0.39 is 0 Å². The minimum atomic E-state index is -0.141. The van der Waals surface area contributed by atoms with E-state index in [9.17, 15) is 9.59 Å². The van der Waals surface area contributed by atoms with Crippen molar-refractivity contribution in [2.45, 2.75) is 25.0 Å². The minimum absolute atomic E-state index is 0.0788. The molecule has 5 aromatic rings. The maximum absolute atomic E-state index is 13.5. The second-order valence-corrected chi connectivity index (χ2v) is 10.2. The topological polar surface area (TPSA) is 72.5 Å². The normalized spacial score (nSPS) is 13.5. The van der Waals surface area contributed by atoms with E-state index in [2.05, 4.69) is 21.6 Å². The summed E-state index contributed by atoms with van der Waals surface area (Å²) in [5, 5.41) is 12.0. The molecule has 0 saturated carbocycles. The molecule has 0 fully saturated rings. The summed E-state index contributed by atoms with van der Waals surface area (Å²) in [6.07, 6.45) is 0.907. The summed E-state index contributed by atoms with van der Waals surface area (Å²) < 4.78 is 3.49. The van der Waals surface area contributed by atoms with Gasteiger partial charge in [0.15, 0.2) is 5.16 Å². The van der Waals surface area contributed by atoms with E-state index in [1.807, 2.05) is 64.8 Å². The Morgan fingerprint density at radius 1 is 1.09 bits per heavy atom. The number of rotatable bonds is 4. The molecule has 4 heterocycles. The minimum Gasteiger partial charge on any atom is -0.337 e. The van der Waals surface area contributed by atoms with Crippen molar-refractivity contribution in [3.8, 4) is 5.69 Å². The second-order valence-electron chi connectivity index (χ2n) is 8.29. The summed E-state index contributed by atoms with van der Waals surface area (Å²) in [6.45, 7) is 3.37. The second kappa shape index (κ2) is 8.41. The zero-order chi connectivity index (χ0) is 23.2. The summed E-state index contributed by atoms with van der Waals surface area (Å²) in [5.74, 6) is 0.780. The molecule has 9 heteroatoms. The smallest absolute Gasteiger partial charge is 0.267 e. The van der Waals surface area contributed by atoms with Crippen molar-refractivity contribution in [3.63, 3.8) is 0 Å². The van der Waals surface area contributed by atoms with Gasteiger partial charge in [0.1, 0.15) is 0 Å². The van der Waals surface area contributed by atoms with Gasteiger partial charge in [-0.1, -0.05) is 42.1 Å². The van der Waals surface area contributed by atoms with Crippen molar-refractivity contribution in [2.75, 3.05) is 12.3 Å². The lowest BCUT2D eigenvalue weighted by molar-refractivity contribution is -0.129. The number of thiophene rings is 1. The number of aryl methyl sites for hydroxylation is 1. The van der Waals surface area contributed by atoms with Crippen LogP contribution in [0, 0.1) is 6.92 Å². The van der Waals surface area contributed by atoms with E-state index in [0.29, 0.717) is 22.9 Å². The number of hydrogen-bond acceptors (Lipinski definition) is 6. The molecule has 3 aromatic heterocycles. The highest BCUT2D eigenvalue weighted by Crippen LogP contribution is 2.27. The zero-order valence-electron chi connectivity index (χ0n) is 18.5. The SMILES string of the molecule is Cc1ccccc1-n1c(=O)c2ccccc2n2c(SCC(=O)N3CCc4sccc4C3)nnc12. The first-order valence-corrected chi connectivity index (χ1v) is 12.9. The molecule has 0 saturated heterocycles. The highest BCUT2D eigenvalue weighted by Gasteiger charge is 2.23. The molecule has 1 amide bonds. The van der Waals surface area contributed by atoms with Gasteiger partial charge >= 0.3 is 0 Å². The highest BCUT2D eigenvalue weighted by atomic mass is 32.2. The lowest BCUT2D eigenvalue weighted by atomic mass is 10.1. The van der Waals surface area contributed by atoms with Gasteiger partial charge in [0, 0.05) is 18.0 Å². The number of carbonyl (C=O) groups is 1. The monoisotopic (exact) mass is 487 g/mol. The van der Waals surface area contributed by atoms with Gasteiger partial charge < -0.3 is 4.90 Å². The van der Waals surface area contributed by atoms with Gasteiger partial charge in [-0.05, 0) is 54.1 Å². The lowest BCUT2D eigenvalue weighted by Gasteiger charge is -2.26. The standard InChI is InChI=1S/C25H21N5O2S2/c1-16-6-2-4-8-19(16)29-23(32)18-7-3-5-9-20(18)30-24(29)26-27-25(30)34-15-22(31)28-12-10-21-17(14-28)11-13-33-21/h2-9,11,13H,10,12,14-15H2,1H3. The first kappa shape index (κ1) is 21.1. The van der Waals surface area contributed by atoms with Crippen LogP contribution in [0.4, 0.5) is 0 Å². The van der Waals surface area contributed by atoms with Crippen molar-refractivity contribution in [2.24, 2.45) is 0 Å². The maximum Gasteiger partial charge on any atom is 0.267 e. The summed E-state index contributed by atoms with van der Waals surface area (Å²) in [4.78, 5) is 29.8. The number of benzene rings is 2. The molecule has 0 aliphatic carbocycles. The van der Waals surface area contributed by atoms with E-state index in [1.54, 1.807) is 15.9 Å². The number of aromatic nitrogens is 4. The Morgan fingerprint density at radius 3 is 2.79 bits per heavy atom. The van der Waals surface area contributed by atoms with E-state index in [-0.39, 0.29) is 17.2 Å². The molecule has 0 atom stereocenters. The number of thioether (sulfide) groups is 1. The highest BCUT2D eigenvalue weighted by molar-refractivity contribution is 7.99. The average Bonchev–Trinajstić information content (AvgIpc) is 3.50. The Kier molecular flexibility index (Phi) is 5.23. The van der Waals surface area contributed by atoms with Crippen LogP contribution in [-0.4, -0.2) is 42.3 Å². The Hall–Kier alpha value is -3.43. The largest absolute Gasteiger partial charge is 0.337 e. The molecule has 0 unspecified atom stereocenters. The Balaban J connectivity index is 1.39. The van der Waals surface area contributed by atoms with Crippen molar-refractivity contribution < 1.29 is 4.79 Å². The number of carbonyl (C=O) groups excluding carboxylic acids is 1. The number of para-hydroxylation sites is 2. The third-order valence-electron chi connectivity index (χ3n) is 6.24. The van der Waals surface area contributed by atoms with Crippen molar-refractivity contribution in [3.05, 3.63) is 86.3 Å². The van der Waals surface area contributed by atoms with Gasteiger partial charge in [0.25, 0.3) is 5.56 Å². The van der Waals surface area contributed by atoms with Crippen molar-refractivity contribution in [1.29, 1.82) is 0 Å². The molecule has 0 N–H and O–H groups in total. The van der Waals surface area contributed by atoms with Crippen LogP contribution in [-0.2, 0) is 17.8 Å². The van der Waals surface area contributed by atoms with Gasteiger partial charge in [0.2, 0.25) is 11.7 Å². The van der Waals surface area contributed by atoms with Crippen molar-refractivity contribution >= 4 is 45.7 Å². The van der Waals surface area contributed by atoms with E-state index in [1.165, 1.54) is 22.2 Å². The first-order valence-electron chi connectivity index (χ1n) is 11.0. The molecule has 0 spiro atoms. The van der Waals surface area contributed by atoms with E-state index in [4.69, 9.17) is 0 Å². The molecule has 34 heavy (non-hydrogen) atoms. The summed E-state index contributed by atoms with van der Waals surface area (Å²) in [7, 11) is 0. The summed E-state index contributed by atoms with van der Waals surface area (Å²) in [5.41, 5.74) is 3.57.